The Bertz CT molecular complexity index is 1920. The van der Waals surface area contributed by atoms with Crippen LogP contribution in [-0.2, 0) is 0 Å². The van der Waals surface area contributed by atoms with Crippen LogP contribution in [0.15, 0.2) is 24.3 Å². The highest BCUT2D eigenvalue weighted by Gasteiger charge is 2.49. The first-order valence-electron chi connectivity index (χ1n) is 15.2. The number of phenolic OH excluding ortho intramolecular Hbond substituents is 1. The fourth-order valence-corrected chi connectivity index (χ4v) is 7.82. The van der Waals surface area contributed by atoms with Gasteiger partial charge in [0.1, 0.15) is 52.9 Å². The van der Waals surface area contributed by atoms with Gasteiger partial charge >= 0.3 is 6.01 Å². The SMILES string of the molecule is C#Cc1c(F)ccc2cc(O)cc(-c3nc4c5c(nc(OC[C@@]67CCCN6C[C@H](F)C7)nc5c3F)N3CCCC(O4)C3CO)c12. The van der Waals surface area contributed by atoms with Gasteiger partial charge in [-0.1, -0.05) is 12.0 Å². The predicted octanol–water partition coefficient (Wildman–Crippen LogP) is 4.49. The van der Waals surface area contributed by atoms with E-state index in [1.54, 1.807) is 0 Å². The van der Waals surface area contributed by atoms with Gasteiger partial charge in [0.15, 0.2) is 5.82 Å². The van der Waals surface area contributed by atoms with Gasteiger partial charge in [-0.05, 0) is 55.8 Å². The molecule has 4 atom stereocenters. The normalized spacial score (nSPS) is 25.7. The molecule has 0 saturated carbocycles. The number of pyridine rings is 1. The minimum atomic E-state index is -0.952. The van der Waals surface area contributed by atoms with E-state index in [0.29, 0.717) is 37.1 Å². The molecule has 9 nitrogen and oxygen atoms in total. The lowest BCUT2D eigenvalue weighted by atomic mass is 9.95. The van der Waals surface area contributed by atoms with Crippen LogP contribution >= 0.6 is 0 Å². The van der Waals surface area contributed by atoms with Gasteiger partial charge in [-0.25, -0.2) is 18.2 Å². The van der Waals surface area contributed by atoms with Gasteiger partial charge in [-0.15, -0.1) is 6.42 Å². The molecule has 8 rings (SSSR count). The van der Waals surface area contributed by atoms with Crippen molar-refractivity contribution >= 4 is 27.5 Å². The van der Waals surface area contributed by atoms with Crippen molar-refractivity contribution in [3.8, 4) is 41.2 Å². The second-order valence-electron chi connectivity index (χ2n) is 12.4. The molecule has 0 amide bonds. The zero-order valence-corrected chi connectivity index (χ0v) is 24.3. The third-order valence-electron chi connectivity index (χ3n) is 9.83. The summed E-state index contributed by atoms with van der Waals surface area (Å²) in [7, 11) is 0. The number of aromatic nitrogens is 3. The molecule has 2 bridgehead atoms. The summed E-state index contributed by atoms with van der Waals surface area (Å²) >= 11 is 0. The summed E-state index contributed by atoms with van der Waals surface area (Å²) in [5.74, 6) is 0.970. The predicted molar refractivity (Wildman–Crippen MR) is 160 cm³/mol. The highest BCUT2D eigenvalue weighted by molar-refractivity contribution is 6.04. The number of phenols is 1. The van der Waals surface area contributed by atoms with Gasteiger partial charge in [0.25, 0.3) is 0 Å². The maximum atomic E-state index is 16.9. The standard InChI is InChI=1S/C33H30F3N5O4/c1-2-20-22(35)7-6-17-11-19(43)12-21(25(17)20)28-27(36)29-26-30(41-10-3-5-24(23(41)15-42)45-31(26)37-28)39-32(38-29)44-16-33-8-4-9-40(33)14-18(34)13-33/h1,6-7,11-12,18,23-24,42-43H,3-5,8-10,13-16H2/t18-,23?,24?,33+/m1/s1. The summed E-state index contributed by atoms with van der Waals surface area (Å²) < 4.78 is 58.8. The number of rotatable bonds is 5. The van der Waals surface area contributed by atoms with E-state index in [0.717, 1.165) is 25.8 Å². The number of ether oxygens (including phenoxy) is 2. The van der Waals surface area contributed by atoms with E-state index in [4.69, 9.17) is 20.9 Å². The van der Waals surface area contributed by atoms with Gasteiger partial charge in [0, 0.05) is 30.5 Å². The molecule has 3 saturated heterocycles. The second-order valence-corrected chi connectivity index (χ2v) is 12.4. The van der Waals surface area contributed by atoms with Crippen LogP contribution in [0.25, 0.3) is 32.9 Å². The highest BCUT2D eigenvalue weighted by Crippen LogP contribution is 2.46. The zero-order chi connectivity index (χ0) is 31.0. The van der Waals surface area contributed by atoms with Crippen molar-refractivity contribution in [3.05, 3.63) is 41.5 Å². The molecule has 4 aliphatic heterocycles. The number of aliphatic hydroxyl groups excluding tert-OH is 1. The Kier molecular flexibility index (Phi) is 6.48. The molecular weight excluding hydrogens is 587 g/mol. The molecular formula is C33H30F3N5O4. The number of halogens is 3. The Hall–Kier alpha value is -4.34. The van der Waals surface area contributed by atoms with E-state index in [9.17, 15) is 19.0 Å². The molecule has 4 aromatic rings. The van der Waals surface area contributed by atoms with E-state index < -0.39 is 35.5 Å². The summed E-state index contributed by atoms with van der Waals surface area (Å²) in [6.07, 6.45) is 7.64. The average Bonchev–Trinajstić information content (AvgIpc) is 3.54. The largest absolute Gasteiger partial charge is 0.508 e. The van der Waals surface area contributed by atoms with E-state index in [2.05, 4.69) is 20.8 Å². The lowest BCUT2D eigenvalue weighted by Crippen LogP contribution is -2.52. The lowest BCUT2D eigenvalue weighted by Gasteiger charge is -2.38. The van der Waals surface area contributed by atoms with Crippen molar-refractivity contribution in [1.82, 2.24) is 19.9 Å². The Morgan fingerprint density at radius 2 is 2.00 bits per heavy atom. The Labute approximate surface area is 256 Å². The molecule has 0 radical (unpaired) electrons. The van der Waals surface area contributed by atoms with Crippen LogP contribution in [0.3, 0.4) is 0 Å². The average molecular weight is 618 g/mol. The van der Waals surface area contributed by atoms with Crippen LogP contribution in [-0.4, -0.2) is 86.8 Å². The first-order valence-corrected chi connectivity index (χ1v) is 15.2. The molecule has 45 heavy (non-hydrogen) atoms. The van der Waals surface area contributed by atoms with Crippen molar-refractivity contribution in [2.45, 2.75) is 56.0 Å². The van der Waals surface area contributed by atoms with Gasteiger partial charge < -0.3 is 24.6 Å². The molecule has 12 heteroatoms. The molecule has 2 N–H and O–H groups in total. The Morgan fingerprint density at radius 1 is 1.13 bits per heavy atom. The van der Waals surface area contributed by atoms with Crippen molar-refractivity contribution in [1.29, 1.82) is 0 Å². The van der Waals surface area contributed by atoms with Crippen LogP contribution in [0.2, 0.25) is 0 Å². The number of aromatic hydroxyl groups is 1. The van der Waals surface area contributed by atoms with Crippen LogP contribution < -0.4 is 14.4 Å². The van der Waals surface area contributed by atoms with Crippen LogP contribution in [0.5, 0.6) is 17.6 Å². The minimum absolute atomic E-state index is 0.0441. The lowest BCUT2D eigenvalue weighted by molar-refractivity contribution is 0.100. The van der Waals surface area contributed by atoms with Crippen molar-refractivity contribution in [3.63, 3.8) is 0 Å². The van der Waals surface area contributed by atoms with Gasteiger partial charge in [0.05, 0.1) is 23.8 Å². The smallest absolute Gasteiger partial charge is 0.319 e. The van der Waals surface area contributed by atoms with Crippen molar-refractivity contribution in [2.24, 2.45) is 0 Å². The summed E-state index contributed by atoms with van der Waals surface area (Å²) in [5.41, 5.74) is -0.925. The first kappa shape index (κ1) is 28.2. The number of aliphatic hydroxyl groups is 1. The highest BCUT2D eigenvalue weighted by atomic mass is 19.1. The number of terminal acetylenes is 1. The quantitative estimate of drug-likeness (QED) is 0.314. The molecule has 232 valence electrons. The van der Waals surface area contributed by atoms with E-state index >= 15 is 4.39 Å². The number of nitrogens with zero attached hydrogens (tertiary/aromatic N) is 5. The number of alkyl halides is 1. The minimum Gasteiger partial charge on any atom is -0.508 e. The van der Waals surface area contributed by atoms with Crippen LogP contribution in [0, 0.1) is 24.0 Å². The first-order chi connectivity index (χ1) is 21.8. The number of hydrogen-bond donors (Lipinski definition) is 2. The molecule has 2 aromatic heterocycles. The Morgan fingerprint density at radius 3 is 2.82 bits per heavy atom. The summed E-state index contributed by atoms with van der Waals surface area (Å²) in [5, 5.41) is 21.8. The zero-order valence-electron chi connectivity index (χ0n) is 24.3. The molecule has 6 heterocycles. The summed E-state index contributed by atoms with van der Waals surface area (Å²) in [4.78, 5) is 17.8. The molecule has 3 fully saturated rings. The number of piperidine rings is 1. The fraction of sp³-hybridized carbons (Fsp3) is 0.424. The summed E-state index contributed by atoms with van der Waals surface area (Å²) in [6, 6.07) is 4.75. The Balaban J connectivity index is 1.35. The van der Waals surface area contributed by atoms with Crippen LogP contribution in [0.1, 0.15) is 37.7 Å². The third-order valence-corrected chi connectivity index (χ3v) is 9.83. The van der Waals surface area contributed by atoms with Crippen molar-refractivity contribution in [2.75, 3.05) is 37.7 Å². The third kappa shape index (κ3) is 4.28. The monoisotopic (exact) mass is 617 g/mol. The van der Waals surface area contributed by atoms with Gasteiger partial charge in [0.2, 0.25) is 5.88 Å². The van der Waals surface area contributed by atoms with E-state index in [1.165, 1.54) is 24.3 Å². The molecule has 0 spiro atoms. The fourth-order valence-electron chi connectivity index (χ4n) is 7.82. The number of benzene rings is 2. The topological polar surface area (TPSA) is 104 Å². The molecule has 2 unspecified atom stereocenters. The van der Waals surface area contributed by atoms with E-state index in [-0.39, 0.29) is 64.0 Å². The van der Waals surface area contributed by atoms with Crippen molar-refractivity contribution < 1.29 is 32.9 Å². The molecule has 0 aliphatic carbocycles. The van der Waals surface area contributed by atoms with Gasteiger partial charge in [-0.2, -0.15) is 9.97 Å². The number of fused-ring (bicyclic) bond motifs is 5. The maximum absolute atomic E-state index is 16.9. The number of hydrogen-bond acceptors (Lipinski definition) is 9. The second kappa shape index (κ2) is 10.4. The number of anilines is 1. The molecule has 4 aliphatic rings. The maximum Gasteiger partial charge on any atom is 0.319 e. The van der Waals surface area contributed by atoms with E-state index in [1.807, 2.05) is 4.90 Å². The summed E-state index contributed by atoms with van der Waals surface area (Å²) in [6.45, 7) is 1.55. The van der Waals surface area contributed by atoms with Gasteiger partial charge in [-0.3, -0.25) is 4.90 Å². The van der Waals surface area contributed by atoms with Crippen LogP contribution in [0.4, 0.5) is 19.0 Å². The molecule has 2 aromatic carbocycles.